The van der Waals surface area contributed by atoms with E-state index in [0.717, 1.165) is 45.1 Å². The van der Waals surface area contributed by atoms with E-state index in [1.165, 1.54) is 38.5 Å². The molecule has 0 radical (unpaired) electrons. The Hall–Kier alpha value is -1.43. The number of amides is 1. The molecule has 0 rings (SSSR count). The predicted octanol–water partition coefficient (Wildman–Crippen LogP) is 3.61. The molecule has 0 aliphatic rings. The number of rotatable bonds is 17. The summed E-state index contributed by atoms with van der Waals surface area (Å²) in [6, 6.07) is 0. The molecule has 6 heteroatoms. The molecule has 0 saturated carbocycles. The van der Waals surface area contributed by atoms with Gasteiger partial charge in [-0.15, -0.1) is 0 Å². The number of esters is 2. The molecule has 0 spiro atoms. The standard InChI is InChI=1S/C20H38N2O4/c1-2-16-22-18(23)14-12-10-8-6-4-3-5-7-9-11-13-15-19(24)26-20(25)17-21/h2-17,21H2,1H3,(H,22,23). The summed E-state index contributed by atoms with van der Waals surface area (Å²) < 4.78 is 4.50. The monoisotopic (exact) mass is 370 g/mol. The summed E-state index contributed by atoms with van der Waals surface area (Å²) in [5.74, 6) is -0.941. The fraction of sp³-hybridized carbons (Fsp3) is 0.850. The molecule has 0 aromatic heterocycles. The number of ether oxygens (including phenoxy) is 1. The van der Waals surface area contributed by atoms with Crippen molar-refractivity contribution in [1.82, 2.24) is 5.32 Å². The average molecular weight is 371 g/mol. The summed E-state index contributed by atoms with van der Waals surface area (Å²) in [6.07, 6.45) is 14.4. The zero-order valence-corrected chi connectivity index (χ0v) is 16.5. The smallest absolute Gasteiger partial charge is 0.327 e. The zero-order valence-electron chi connectivity index (χ0n) is 16.5. The maximum atomic E-state index is 11.4. The molecule has 0 saturated heterocycles. The fourth-order valence-electron chi connectivity index (χ4n) is 2.72. The first-order valence-electron chi connectivity index (χ1n) is 10.3. The van der Waals surface area contributed by atoms with Crippen LogP contribution in [0.2, 0.25) is 0 Å². The van der Waals surface area contributed by atoms with Crippen LogP contribution < -0.4 is 11.1 Å². The highest BCUT2D eigenvalue weighted by atomic mass is 16.6. The minimum absolute atomic E-state index is 0.186. The molecule has 0 fully saturated rings. The first-order chi connectivity index (χ1) is 12.6. The second kappa shape index (κ2) is 18.4. The molecule has 6 nitrogen and oxygen atoms in total. The van der Waals surface area contributed by atoms with E-state index >= 15 is 0 Å². The zero-order chi connectivity index (χ0) is 19.5. The third-order valence-corrected chi connectivity index (χ3v) is 4.25. The van der Waals surface area contributed by atoms with Crippen molar-refractivity contribution in [2.24, 2.45) is 5.73 Å². The van der Waals surface area contributed by atoms with E-state index in [1.54, 1.807) is 0 Å². The largest absolute Gasteiger partial charge is 0.392 e. The van der Waals surface area contributed by atoms with Gasteiger partial charge >= 0.3 is 11.9 Å². The highest BCUT2D eigenvalue weighted by Gasteiger charge is 2.07. The first kappa shape index (κ1) is 24.6. The van der Waals surface area contributed by atoms with Crippen LogP contribution >= 0.6 is 0 Å². The quantitative estimate of drug-likeness (QED) is 0.231. The van der Waals surface area contributed by atoms with Crippen LogP contribution in [0.25, 0.3) is 0 Å². The summed E-state index contributed by atoms with van der Waals surface area (Å²) in [4.78, 5) is 33.5. The predicted molar refractivity (Wildman–Crippen MR) is 103 cm³/mol. The number of hydrogen-bond acceptors (Lipinski definition) is 5. The molecular weight excluding hydrogens is 332 g/mol. The summed E-state index contributed by atoms with van der Waals surface area (Å²) in [5, 5.41) is 2.90. The number of carbonyl (C=O) groups is 3. The van der Waals surface area contributed by atoms with Crippen molar-refractivity contribution in [2.45, 2.75) is 96.8 Å². The van der Waals surface area contributed by atoms with Crippen LogP contribution in [0.3, 0.4) is 0 Å². The van der Waals surface area contributed by atoms with E-state index in [1.807, 2.05) is 0 Å². The van der Waals surface area contributed by atoms with Gasteiger partial charge in [0.05, 0.1) is 6.54 Å². The second-order valence-corrected chi connectivity index (χ2v) is 6.79. The minimum atomic E-state index is -0.658. The van der Waals surface area contributed by atoms with Crippen molar-refractivity contribution in [3.05, 3.63) is 0 Å². The van der Waals surface area contributed by atoms with Crippen LogP contribution in [0, 0.1) is 0 Å². The van der Waals surface area contributed by atoms with Crippen molar-refractivity contribution in [3.63, 3.8) is 0 Å². The lowest BCUT2D eigenvalue weighted by Gasteiger charge is -2.04. The Labute approximate surface area is 158 Å². The van der Waals surface area contributed by atoms with Gasteiger partial charge < -0.3 is 15.8 Å². The minimum Gasteiger partial charge on any atom is -0.392 e. The molecule has 0 heterocycles. The van der Waals surface area contributed by atoms with E-state index in [4.69, 9.17) is 5.73 Å². The van der Waals surface area contributed by atoms with E-state index in [9.17, 15) is 14.4 Å². The van der Waals surface area contributed by atoms with Gasteiger partial charge in [0.1, 0.15) is 0 Å². The van der Waals surface area contributed by atoms with Crippen LogP contribution in [-0.2, 0) is 19.1 Å². The van der Waals surface area contributed by atoms with Gasteiger partial charge in [0.15, 0.2) is 0 Å². The van der Waals surface area contributed by atoms with E-state index in [0.29, 0.717) is 12.8 Å². The lowest BCUT2D eigenvalue weighted by molar-refractivity contribution is -0.158. The van der Waals surface area contributed by atoms with Crippen molar-refractivity contribution in [2.75, 3.05) is 13.1 Å². The Kier molecular flexibility index (Phi) is 17.4. The fourth-order valence-corrected chi connectivity index (χ4v) is 2.72. The summed E-state index contributed by atoms with van der Waals surface area (Å²) in [6.45, 7) is 2.60. The second-order valence-electron chi connectivity index (χ2n) is 6.79. The summed E-state index contributed by atoms with van der Waals surface area (Å²) in [5.41, 5.74) is 5.07. The Balaban J connectivity index is 3.21. The van der Waals surface area contributed by atoms with Gasteiger partial charge in [-0.05, 0) is 19.3 Å². The number of hydrogen-bond donors (Lipinski definition) is 2. The Morgan fingerprint density at radius 3 is 1.65 bits per heavy atom. The Morgan fingerprint density at radius 1 is 0.731 bits per heavy atom. The molecule has 26 heavy (non-hydrogen) atoms. The molecule has 0 unspecified atom stereocenters. The molecule has 3 N–H and O–H groups in total. The molecule has 1 amide bonds. The van der Waals surface area contributed by atoms with Crippen molar-refractivity contribution < 1.29 is 19.1 Å². The molecule has 152 valence electrons. The van der Waals surface area contributed by atoms with E-state index in [-0.39, 0.29) is 12.5 Å². The van der Waals surface area contributed by atoms with Gasteiger partial charge in [0, 0.05) is 19.4 Å². The van der Waals surface area contributed by atoms with Gasteiger partial charge in [0.2, 0.25) is 5.91 Å². The molecule has 0 aliphatic heterocycles. The normalized spacial score (nSPS) is 10.5. The Bertz CT molecular complexity index is 386. The van der Waals surface area contributed by atoms with Crippen LogP contribution in [0.15, 0.2) is 0 Å². The van der Waals surface area contributed by atoms with Crippen LogP contribution in [-0.4, -0.2) is 30.9 Å². The van der Waals surface area contributed by atoms with Crippen molar-refractivity contribution in [3.8, 4) is 0 Å². The average Bonchev–Trinajstić information content (AvgIpc) is 2.63. The first-order valence-corrected chi connectivity index (χ1v) is 10.3. The third-order valence-electron chi connectivity index (χ3n) is 4.25. The van der Waals surface area contributed by atoms with Crippen molar-refractivity contribution >= 4 is 17.8 Å². The van der Waals surface area contributed by atoms with Gasteiger partial charge in [-0.25, -0.2) is 0 Å². The molecular formula is C20H38N2O4. The summed E-state index contributed by atoms with van der Waals surface area (Å²) in [7, 11) is 0. The van der Waals surface area contributed by atoms with E-state index in [2.05, 4.69) is 17.0 Å². The van der Waals surface area contributed by atoms with Gasteiger partial charge in [0.25, 0.3) is 0 Å². The molecule has 0 aromatic rings. The lowest BCUT2D eigenvalue weighted by Crippen LogP contribution is -2.23. The van der Waals surface area contributed by atoms with E-state index < -0.39 is 11.9 Å². The van der Waals surface area contributed by atoms with Gasteiger partial charge in [-0.3, -0.25) is 14.4 Å². The number of nitrogens with two attached hydrogens (primary N) is 1. The van der Waals surface area contributed by atoms with Crippen LogP contribution in [0.4, 0.5) is 0 Å². The number of unbranched alkanes of at least 4 members (excludes halogenated alkanes) is 10. The highest BCUT2D eigenvalue weighted by molar-refractivity contribution is 5.86. The molecule has 0 atom stereocenters. The van der Waals surface area contributed by atoms with Gasteiger partial charge in [-0.2, -0.15) is 0 Å². The molecule has 0 bridgehead atoms. The van der Waals surface area contributed by atoms with Crippen LogP contribution in [0.5, 0.6) is 0 Å². The maximum Gasteiger partial charge on any atom is 0.327 e. The SMILES string of the molecule is CCCNC(=O)CCCCCCCCCCCCCC(=O)OC(=O)CN. The maximum absolute atomic E-state index is 11.4. The lowest BCUT2D eigenvalue weighted by atomic mass is 10.0. The van der Waals surface area contributed by atoms with Crippen molar-refractivity contribution in [1.29, 1.82) is 0 Å². The molecule has 0 aliphatic carbocycles. The van der Waals surface area contributed by atoms with Crippen LogP contribution in [0.1, 0.15) is 96.8 Å². The third kappa shape index (κ3) is 17.4. The molecule has 0 aromatic carbocycles. The Morgan fingerprint density at radius 2 is 1.19 bits per heavy atom. The topological polar surface area (TPSA) is 98.5 Å². The van der Waals surface area contributed by atoms with Gasteiger partial charge in [-0.1, -0.05) is 64.7 Å². The summed E-state index contributed by atoms with van der Waals surface area (Å²) >= 11 is 0. The number of carbonyl (C=O) groups excluding carboxylic acids is 3. The highest BCUT2D eigenvalue weighted by Crippen LogP contribution is 2.12. The number of nitrogens with one attached hydrogen (secondary N) is 1.